The van der Waals surface area contributed by atoms with E-state index in [0.717, 1.165) is 36.9 Å². The highest BCUT2D eigenvalue weighted by Crippen LogP contribution is 2.31. The Hall–Kier alpha value is -3.59. The van der Waals surface area contributed by atoms with Gasteiger partial charge in [-0.3, -0.25) is 9.69 Å². The molecule has 2 aromatic heterocycles. The Morgan fingerprint density at radius 3 is 2.79 bits per heavy atom. The summed E-state index contributed by atoms with van der Waals surface area (Å²) >= 11 is 0. The van der Waals surface area contributed by atoms with Gasteiger partial charge in [0, 0.05) is 18.2 Å². The molecular weight excluding hydrogens is 435 g/mol. The van der Waals surface area contributed by atoms with E-state index in [4.69, 9.17) is 4.74 Å². The number of nitrogens with zero attached hydrogens (tertiary/aromatic N) is 5. The molecular formula is C25H27FN6O2. The van der Waals surface area contributed by atoms with Crippen molar-refractivity contribution in [2.24, 2.45) is 5.92 Å². The zero-order chi connectivity index (χ0) is 23.7. The average Bonchev–Trinajstić information content (AvgIpc) is 3.28. The molecule has 1 aliphatic rings. The Kier molecular flexibility index (Phi) is 6.10. The van der Waals surface area contributed by atoms with E-state index in [-0.39, 0.29) is 11.4 Å². The van der Waals surface area contributed by atoms with Gasteiger partial charge in [0.15, 0.2) is 5.82 Å². The number of halogens is 1. The topological polar surface area (TPSA) is 88.9 Å². The fourth-order valence-electron chi connectivity index (χ4n) is 4.77. The number of aromatic nitrogens is 5. The molecule has 0 spiro atoms. The number of likely N-dealkylation sites (tertiary alicyclic amines) is 1. The lowest BCUT2D eigenvalue weighted by atomic mass is 9.95. The largest absolute Gasteiger partial charge is 0.497 e. The van der Waals surface area contributed by atoms with E-state index in [1.807, 2.05) is 24.3 Å². The van der Waals surface area contributed by atoms with E-state index < -0.39 is 6.04 Å². The molecule has 1 saturated heterocycles. The summed E-state index contributed by atoms with van der Waals surface area (Å²) in [5.74, 6) is 1.49. The summed E-state index contributed by atoms with van der Waals surface area (Å²) in [5, 5.41) is 13.4. The Morgan fingerprint density at radius 2 is 2.03 bits per heavy atom. The number of ether oxygens (including phenoxy) is 1. The summed E-state index contributed by atoms with van der Waals surface area (Å²) < 4.78 is 20.4. The summed E-state index contributed by atoms with van der Waals surface area (Å²) in [6.07, 6.45) is 2.19. The molecule has 0 aliphatic carbocycles. The summed E-state index contributed by atoms with van der Waals surface area (Å²) in [7, 11) is 1.60. The predicted octanol–water partition coefficient (Wildman–Crippen LogP) is 3.53. The van der Waals surface area contributed by atoms with Crippen LogP contribution in [0.1, 0.15) is 42.8 Å². The molecule has 9 heteroatoms. The van der Waals surface area contributed by atoms with E-state index in [1.54, 1.807) is 23.9 Å². The molecule has 0 unspecified atom stereocenters. The van der Waals surface area contributed by atoms with E-state index in [1.165, 1.54) is 12.1 Å². The molecule has 1 fully saturated rings. The number of hydrogen-bond donors (Lipinski definition) is 1. The number of benzene rings is 2. The number of pyridine rings is 1. The summed E-state index contributed by atoms with van der Waals surface area (Å²) in [5.41, 5.74) is 2.01. The molecule has 0 radical (unpaired) electrons. The van der Waals surface area contributed by atoms with Crippen LogP contribution < -0.4 is 10.3 Å². The number of aromatic amines is 1. The van der Waals surface area contributed by atoms with Gasteiger partial charge in [-0.15, -0.1) is 5.10 Å². The highest BCUT2D eigenvalue weighted by atomic mass is 19.1. The Labute approximate surface area is 196 Å². The Balaban J connectivity index is 1.60. The van der Waals surface area contributed by atoms with Gasteiger partial charge < -0.3 is 9.72 Å². The minimum atomic E-state index is -0.409. The van der Waals surface area contributed by atoms with Gasteiger partial charge >= 0.3 is 0 Å². The van der Waals surface area contributed by atoms with Crippen molar-refractivity contribution in [1.29, 1.82) is 0 Å². The molecule has 2 aromatic carbocycles. The smallest absolute Gasteiger partial charge is 0.253 e. The van der Waals surface area contributed by atoms with Crippen LogP contribution in [0, 0.1) is 11.7 Å². The van der Waals surface area contributed by atoms with Crippen molar-refractivity contribution in [3.05, 3.63) is 81.7 Å². The second-order valence-electron chi connectivity index (χ2n) is 8.97. The fraction of sp³-hybridized carbons (Fsp3) is 0.360. The minimum Gasteiger partial charge on any atom is -0.497 e. The third-order valence-corrected chi connectivity index (χ3v) is 6.48. The molecule has 1 N–H and O–H groups in total. The minimum absolute atomic E-state index is 0.180. The van der Waals surface area contributed by atoms with Crippen LogP contribution >= 0.6 is 0 Å². The van der Waals surface area contributed by atoms with Gasteiger partial charge in [0.1, 0.15) is 17.6 Å². The van der Waals surface area contributed by atoms with Gasteiger partial charge in [0.2, 0.25) is 0 Å². The number of methoxy groups -OCH3 is 1. The monoisotopic (exact) mass is 462 g/mol. The number of hydrogen-bond acceptors (Lipinski definition) is 6. The number of fused-ring (bicyclic) bond motifs is 1. The molecule has 34 heavy (non-hydrogen) atoms. The number of H-pyrrole nitrogens is 1. The quantitative estimate of drug-likeness (QED) is 0.472. The molecule has 1 aliphatic heterocycles. The number of nitrogens with one attached hydrogen (secondary N) is 1. The molecule has 5 rings (SSSR count). The van der Waals surface area contributed by atoms with Crippen LogP contribution in [0.3, 0.4) is 0 Å². The number of rotatable bonds is 6. The van der Waals surface area contributed by atoms with Gasteiger partial charge in [-0.2, -0.15) is 0 Å². The van der Waals surface area contributed by atoms with Gasteiger partial charge in [-0.05, 0) is 77.0 Å². The molecule has 176 valence electrons. The molecule has 2 atom stereocenters. The van der Waals surface area contributed by atoms with Crippen LogP contribution in [0.15, 0.2) is 53.3 Å². The van der Waals surface area contributed by atoms with Crippen molar-refractivity contribution < 1.29 is 9.13 Å². The van der Waals surface area contributed by atoms with Gasteiger partial charge in [0.25, 0.3) is 5.56 Å². The summed E-state index contributed by atoms with van der Waals surface area (Å²) in [4.78, 5) is 18.7. The number of piperidine rings is 1. The van der Waals surface area contributed by atoms with E-state index in [2.05, 4.69) is 32.3 Å². The van der Waals surface area contributed by atoms with E-state index >= 15 is 0 Å². The maximum Gasteiger partial charge on any atom is 0.253 e. The molecule has 0 amide bonds. The zero-order valence-electron chi connectivity index (χ0n) is 19.2. The third-order valence-electron chi connectivity index (χ3n) is 6.48. The lowest BCUT2D eigenvalue weighted by Crippen LogP contribution is -2.41. The normalized spacial score (nSPS) is 17.7. The lowest BCUT2D eigenvalue weighted by Gasteiger charge is -2.36. The number of tetrazole rings is 1. The first-order valence-corrected chi connectivity index (χ1v) is 11.5. The maximum atomic E-state index is 13.4. The molecule has 4 aromatic rings. The highest BCUT2D eigenvalue weighted by molar-refractivity contribution is 5.80. The first-order valence-electron chi connectivity index (χ1n) is 11.5. The maximum absolute atomic E-state index is 13.4. The van der Waals surface area contributed by atoms with Crippen LogP contribution in [0.4, 0.5) is 4.39 Å². The predicted molar refractivity (Wildman–Crippen MR) is 126 cm³/mol. The lowest BCUT2D eigenvalue weighted by molar-refractivity contribution is 0.141. The van der Waals surface area contributed by atoms with Crippen LogP contribution in [-0.4, -0.2) is 50.3 Å². The van der Waals surface area contributed by atoms with Crippen molar-refractivity contribution in [2.75, 3.05) is 20.2 Å². The van der Waals surface area contributed by atoms with E-state index in [0.29, 0.717) is 35.1 Å². The van der Waals surface area contributed by atoms with Crippen molar-refractivity contribution in [1.82, 2.24) is 30.1 Å². The van der Waals surface area contributed by atoms with Crippen LogP contribution in [0.25, 0.3) is 10.9 Å². The third kappa shape index (κ3) is 4.43. The van der Waals surface area contributed by atoms with Crippen molar-refractivity contribution in [3.8, 4) is 5.75 Å². The molecule has 0 saturated carbocycles. The summed E-state index contributed by atoms with van der Waals surface area (Å²) in [6.45, 7) is 4.29. The second kappa shape index (κ2) is 9.34. The molecule has 0 bridgehead atoms. The van der Waals surface area contributed by atoms with Crippen LogP contribution in [0.2, 0.25) is 0 Å². The fourth-order valence-corrected chi connectivity index (χ4v) is 4.77. The second-order valence-corrected chi connectivity index (χ2v) is 8.97. The Morgan fingerprint density at radius 1 is 1.21 bits per heavy atom. The van der Waals surface area contributed by atoms with Crippen LogP contribution in [0.5, 0.6) is 5.75 Å². The summed E-state index contributed by atoms with van der Waals surface area (Å²) in [6, 6.07) is 13.4. The first-order chi connectivity index (χ1) is 16.5. The SMILES string of the molecule is COc1ccc2cc([C@@H](c3nnnn3Cc3ccc(F)cc3)N3CCC[C@H](C)C3)c(=O)[nH]c2c1. The van der Waals surface area contributed by atoms with E-state index in [9.17, 15) is 9.18 Å². The molecule has 3 heterocycles. The van der Waals surface area contributed by atoms with Crippen molar-refractivity contribution in [3.63, 3.8) is 0 Å². The molecule has 8 nitrogen and oxygen atoms in total. The van der Waals surface area contributed by atoms with Gasteiger partial charge in [0.05, 0.1) is 19.2 Å². The van der Waals surface area contributed by atoms with Crippen molar-refractivity contribution >= 4 is 10.9 Å². The van der Waals surface area contributed by atoms with Gasteiger partial charge in [-0.25, -0.2) is 9.07 Å². The first kappa shape index (κ1) is 22.2. The van der Waals surface area contributed by atoms with Gasteiger partial charge in [-0.1, -0.05) is 19.1 Å². The highest BCUT2D eigenvalue weighted by Gasteiger charge is 2.32. The zero-order valence-corrected chi connectivity index (χ0v) is 19.2. The standard InChI is InChI=1S/C25H27FN6O2/c1-16-4-3-11-31(14-16)23(21-12-18-7-10-20(34-2)13-22(18)27-25(21)33)24-28-29-30-32(24)15-17-5-8-19(26)9-6-17/h5-10,12-13,16,23H,3-4,11,14-15H2,1-2H3,(H,27,33)/t16-,23-/m0/s1. The van der Waals surface area contributed by atoms with Crippen LogP contribution in [-0.2, 0) is 6.54 Å². The Bertz CT molecular complexity index is 1350. The average molecular weight is 463 g/mol. The van der Waals surface area contributed by atoms with Crippen molar-refractivity contribution in [2.45, 2.75) is 32.4 Å².